The second kappa shape index (κ2) is 7.81. The summed E-state index contributed by atoms with van der Waals surface area (Å²) < 4.78 is 26.5. The van der Waals surface area contributed by atoms with Crippen LogP contribution in [0.1, 0.15) is 24.1 Å². The molecule has 0 aromatic heterocycles. The molecule has 0 spiro atoms. The number of hydrogen-bond donors (Lipinski definition) is 1. The summed E-state index contributed by atoms with van der Waals surface area (Å²) in [7, 11) is 1.61. The topological polar surface area (TPSA) is 32.3 Å². The van der Waals surface area contributed by atoms with Crippen molar-refractivity contribution in [2.45, 2.75) is 19.5 Å². The number of halogens is 4. The van der Waals surface area contributed by atoms with E-state index in [0.29, 0.717) is 12.1 Å². The van der Waals surface area contributed by atoms with Crippen molar-refractivity contribution in [3.05, 3.63) is 69.2 Å². The first kappa shape index (κ1) is 18.5. The van der Waals surface area contributed by atoms with Crippen LogP contribution < -0.4 is 5.32 Å². The van der Waals surface area contributed by atoms with Crippen molar-refractivity contribution in [3.63, 3.8) is 0 Å². The van der Waals surface area contributed by atoms with Crippen molar-refractivity contribution < 1.29 is 13.6 Å². The summed E-state index contributed by atoms with van der Waals surface area (Å²) in [5.41, 5.74) is 1.22. The number of carbonyl (C=O) groups excluding carboxylic acids is 1. The fraction of sp³-hybridized carbons (Fsp3) is 0.235. The Bertz CT molecular complexity index is 738. The third-order valence-corrected chi connectivity index (χ3v) is 4.14. The average Bonchev–Trinajstić information content (AvgIpc) is 2.52. The van der Waals surface area contributed by atoms with Gasteiger partial charge in [0.25, 0.3) is 0 Å². The molecule has 1 N–H and O–H groups in total. The minimum atomic E-state index is -0.600. The maximum Gasteiger partial charge on any atom is 0.317 e. The van der Waals surface area contributed by atoms with Gasteiger partial charge in [0.05, 0.1) is 11.1 Å². The van der Waals surface area contributed by atoms with Crippen LogP contribution in [0.3, 0.4) is 0 Å². The quantitative estimate of drug-likeness (QED) is 0.737. The highest BCUT2D eigenvalue weighted by molar-refractivity contribution is 6.35. The van der Waals surface area contributed by atoms with Gasteiger partial charge < -0.3 is 10.2 Å². The van der Waals surface area contributed by atoms with Gasteiger partial charge in [-0.1, -0.05) is 35.3 Å². The van der Waals surface area contributed by atoms with Crippen LogP contribution in [0.15, 0.2) is 36.4 Å². The summed E-state index contributed by atoms with van der Waals surface area (Å²) >= 11 is 11.7. The van der Waals surface area contributed by atoms with E-state index in [0.717, 1.165) is 5.56 Å². The van der Waals surface area contributed by atoms with E-state index in [1.54, 1.807) is 26.1 Å². The van der Waals surface area contributed by atoms with Crippen molar-refractivity contribution >= 4 is 29.2 Å². The first-order valence-corrected chi connectivity index (χ1v) is 7.94. The van der Waals surface area contributed by atoms with Crippen LogP contribution >= 0.6 is 23.2 Å². The van der Waals surface area contributed by atoms with Crippen molar-refractivity contribution in [1.82, 2.24) is 10.2 Å². The molecule has 3 nitrogen and oxygen atoms in total. The number of nitrogens with zero attached hydrogens (tertiary/aromatic N) is 1. The fourth-order valence-electron chi connectivity index (χ4n) is 2.18. The number of nitrogens with one attached hydrogen (secondary N) is 1. The first-order valence-electron chi connectivity index (χ1n) is 7.18. The highest BCUT2D eigenvalue weighted by Crippen LogP contribution is 2.28. The molecule has 0 aliphatic carbocycles. The number of amides is 2. The van der Waals surface area contributed by atoms with E-state index < -0.39 is 11.9 Å². The predicted molar refractivity (Wildman–Crippen MR) is 91.2 cm³/mol. The lowest BCUT2D eigenvalue weighted by Gasteiger charge is -2.22. The molecule has 0 aliphatic rings. The van der Waals surface area contributed by atoms with E-state index in [1.807, 2.05) is 0 Å². The zero-order valence-corrected chi connectivity index (χ0v) is 14.6. The SMILES string of the molecule is CC(NC(=O)N(C)Cc1ccc(F)cc1)c1cc(F)c(Cl)cc1Cl. The summed E-state index contributed by atoms with van der Waals surface area (Å²) in [5, 5.41) is 2.93. The van der Waals surface area contributed by atoms with Crippen LogP contribution in [-0.2, 0) is 6.54 Å². The number of urea groups is 1. The Morgan fingerprint density at radius 2 is 1.79 bits per heavy atom. The van der Waals surface area contributed by atoms with Crippen molar-refractivity contribution in [1.29, 1.82) is 0 Å². The van der Waals surface area contributed by atoms with Crippen molar-refractivity contribution in [2.24, 2.45) is 0 Å². The van der Waals surface area contributed by atoms with Crippen LogP contribution in [0.25, 0.3) is 0 Å². The molecule has 0 heterocycles. The molecule has 24 heavy (non-hydrogen) atoms. The molecule has 2 rings (SSSR count). The van der Waals surface area contributed by atoms with Crippen LogP contribution in [0.2, 0.25) is 10.0 Å². The van der Waals surface area contributed by atoms with Gasteiger partial charge in [0.15, 0.2) is 0 Å². The van der Waals surface area contributed by atoms with Gasteiger partial charge in [0, 0.05) is 18.6 Å². The maximum atomic E-state index is 13.6. The Morgan fingerprint density at radius 3 is 2.42 bits per heavy atom. The van der Waals surface area contributed by atoms with Gasteiger partial charge in [-0.05, 0) is 42.3 Å². The molecule has 0 fully saturated rings. The van der Waals surface area contributed by atoms with Crippen molar-refractivity contribution in [3.8, 4) is 0 Å². The van der Waals surface area contributed by atoms with Gasteiger partial charge in [-0.3, -0.25) is 0 Å². The van der Waals surface area contributed by atoms with Crippen LogP contribution in [0.5, 0.6) is 0 Å². The van der Waals surface area contributed by atoms with Gasteiger partial charge >= 0.3 is 6.03 Å². The van der Waals surface area contributed by atoms with E-state index >= 15 is 0 Å². The largest absolute Gasteiger partial charge is 0.331 e. The van der Waals surface area contributed by atoms with Gasteiger partial charge in [-0.25, -0.2) is 13.6 Å². The maximum absolute atomic E-state index is 13.6. The number of carbonyl (C=O) groups is 1. The average molecular weight is 373 g/mol. The van der Waals surface area contributed by atoms with Gasteiger partial charge in [0.2, 0.25) is 0 Å². The Morgan fingerprint density at radius 1 is 1.17 bits per heavy atom. The Balaban J connectivity index is 2.03. The molecule has 1 unspecified atom stereocenters. The molecule has 0 saturated heterocycles. The zero-order chi connectivity index (χ0) is 17.9. The molecule has 0 saturated carbocycles. The molecule has 1 atom stereocenters. The summed E-state index contributed by atoms with van der Waals surface area (Å²) in [6, 6.07) is 7.52. The van der Waals surface area contributed by atoms with E-state index in [4.69, 9.17) is 23.2 Å². The first-order chi connectivity index (χ1) is 11.3. The normalized spacial score (nSPS) is 11.9. The van der Waals surface area contributed by atoms with E-state index in [1.165, 1.54) is 29.2 Å². The van der Waals surface area contributed by atoms with Crippen LogP contribution in [-0.4, -0.2) is 18.0 Å². The summed E-state index contributed by atoms with van der Waals surface area (Å²) in [6.07, 6.45) is 0. The molecule has 2 aromatic carbocycles. The molecule has 2 amide bonds. The molecular weight excluding hydrogens is 357 g/mol. The third-order valence-electron chi connectivity index (χ3n) is 3.53. The number of benzene rings is 2. The van der Waals surface area contributed by atoms with Gasteiger partial charge in [-0.2, -0.15) is 0 Å². The molecular formula is C17H16Cl2F2N2O. The molecule has 2 aromatic rings. The smallest absolute Gasteiger partial charge is 0.317 e. The van der Waals surface area contributed by atoms with Gasteiger partial charge in [-0.15, -0.1) is 0 Å². The van der Waals surface area contributed by atoms with Crippen LogP contribution in [0, 0.1) is 11.6 Å². The van der Waals surface area contributed by atoms with Gasteiger partial charge in [0.1, 0.15) is 11.6 Å². The molecule has 128 valence electrons. The Labute approximate surface area is 149 Å². The Hall–Kier alpha value is -1.85. The summed E-state index contributed by atoms with van der Waals surface area (Å²) in [4.78, 5) is 13.7. The predicted octanol–water partition coefficient (Wildman–Crippen LogP) is 5.17. The highest BCUT2D eigenvalue weighted by Gasteiger charge is 2.17. The lowest BCUT2D eigenvalue weighted by atomic mass is 10.1. The van der Waals surface area contributed by atoms with E-state index in [9.17, 15) is 13.6 Å². The standard InChI is InChI=1S/C17H16Cl2F2N2O/c1-10(13-7-16(21)15(19)8-14(13)18)22-17(24)23(2)9-11-3-5-12(20)6-4-11/h3-8,10H,9H2,1-2H3,(H,22,24). The highest BCUT2D eigenvalue weighted by atomic mass is 35.5. The zero-order valence-electron chi connectivity index (χ0n) is 13.1. The molecule has 7 heteroatoms. The summed E-state index contributed by atoms with van der Waals surface area (Å²) in [6.45, 7) is 2.00. The minimum absolute atomic E-state index is 0.0734. The molecule has 0 aliphatic heterocycles. The summed E-state index contributed by atoms with van der Waals surface area (Å²) in [5.74, 6) is -0.935. The monoisotopic (exact) mass is 372 g/mol. The lowest BCUT2D eigenvalue weighted by molar-refractivity contribution is 0.203. The number of rotatable bonds is 4. The second-order valence-corrected chi connectivity index (χ2v) is 6.26. The van der Waals surface area contributed by atoms with E-state index in [2.05, 4.69) is 5.32 Å². The van der Waals surface area contributed by atoms with Crippen molar-refractivity contribution in [2.75, 3.05) is 7.05 Å². The van der Waals surface area contributed by atoms with E-state index in [-0.39, 0.29) is 21.9 Å². The second-order valence-electron chi connectivity index (χ2n) is 5.44. The Kier molecular flexibility index (Phi) is 6.02. The number of hydrogen-bond acceptors (Lipinski definition) is 1. The minimum Gasteiger partial charge on any atom is -0.331 e. The molecule has 0 radical (unpaired) electrons. The fourth-order valence-corrected chi connectivity index (χ4v) is 2.73. The van der Waals surface area contributed by atoms with Crippen LogP contribution in [0.4, 0.5) is 13.6 Å². The third kappa shape index (κ3) is 4.58. The molecule has 0 bridgehead atoms. The lowest BCUT2D eigenvalue weighted by Crippen LogP contribution is -2.38.